The van der Waals surface area contributed by atoms with Gasteiger partial charge in [0.1, 0.15) is 0 Å². The molecule has 1 unspecified atom stereocenters. The highest BCUT2D eigenvalue weighted by molar-refractivity contribution is 5.89. The van der Waals surface area contributed by atoms with Crippen molar-refractivity contribution < 1.29 is 14.1 Å². The van der Waals surface area contributed by atoms with E-state index in [0.717, 1.165) is 5.56 Å². The third-order valence-electron chi connectivity index (χ3n) is 3.52. The molecule has 0 aliphatic carbocycles. The molecular weight excluding hydrogens is 298 g/mol. The number of ether oxygens (including phenoxy) is 1. The Hall–Kier alpha value is -3.20. The number of esters is 1. The van der Waals surface area contributed by atoms with Crippen LogP contribution in [0.25, 0.3) is 6.08 Å². The molecule has 0 saturated heterocycles. The van der Waals surface area contributed by atoms with Crippen LogP contribution in [0.5, 0.6) is 0 Å². The largest absolute Gasteiger partial charge is 0.395 e. The Bertz CT molecular complexity index is 799. The standard InChI is InChI=1S/C21H18NO2/c23-21(19-12-6-2-7-13-19)24-20(22-16-8-3-9-17-22)15-14-18-10-4-1-5-11-18/h1-17,20H/q+1. The molecule has 0 N–H and O–H groups in total. The summed E-state index contributed by atoms with van der Waals surface area (Å²) in [7, 11) is 0. The second kappa shape index (κ2) is 7.88. The van der Waals surface area contributed by atoms with E-state index in [2.05, 4.69) is 0 Å². The van der Waals surface area contributed by atoms with Crippen LogP contribution in [0.1, 0.15) is 22.1 Å². The lowest BCUT2D eigenvalue weighted by Crippen LogP contribution is -2.40. The molecule has 3 rings (SSSR count). The lowest BCUT2D eigenvalue weighted by Gasteiger charge is -2.10. The molecule has 0 amide bonds. The van der Waals surface area contributed by atoms with Crippen molar-refractivity contribution in [2.45, 2.75) is 6.23 Å². The van der Waals surface area contributed by atoms with Crippen molar-refractivity contribution in [2.24, 2.45) is 0 Å². The molecule has 24 heavy (non-hydrogen) atoms. The molecular formula is C21H18NO2+. The molecule has 0 bridgehead atoms. The van der Waals surface area contributed by atoms with E-state index in [9.17, 15) is 4.79 Å². The smallest absolute Gasteiger partial charge is 0.343 e. The van der Waals surface area contributed by atoms with Crippen LogP contribution in [0.15, 0.2) is 97.3 Å². The predicted molar refractivity (Wildman–Crippen MR) is 93.0 cm³/mol. The number of carbonyl (C=O) groups excluding carboxylic acids is 1. The van der Waals surface area contributed by atoms with Crippen LogP contribution < -0.4 is 4.57 Å². The van der Waals surface area contributed by atoms with Crippen LogP contribution in [0.2, 0.25) is 0 Å². The van der Waals surface area contributed by atoms with Crippen molar-refractivity contribution in [1.82, 2.24) is 0 Å². The number of aromatic nitrogens is 1. The number of rotatable bonds is 5. The van der Waals surface area contributed by atoms with Crippen LogP contribution >= 0.6 is 0 Å². The molecule has 3 nitrogen and oxygen atoms in total. The van der Waals surface area contributed by atoms with Gasteiger partial charge < -0.3 is 4.74 Å². The molecule has 3 aromatic rings. The summed E-state index contributed by atoms with van der Waals surface area (Å²) in [5.41, 5.74) is 1.59. The zero-order valence-electron chi connectivity index (χ0n) is 13.2. The maximum Gasteiger partial charge on any atom is 0.343 e. The Balaban J connectivity index is 1.83. The number of pyridine rings is 1. The first kappa shape index (κ1) is 15.7. The topological polar surface area (TPSA) is 30.2 Å². The first-order valence-electron chi connectivity index (χ1n) is 7.78. The summed E-state index contributed by atoms with van der Waals surface area (Å²) < 4.78 is 7.53. The van der Waals surface area contributed by atoms with Crippen LogP contribution in [-0.4, -0.2) is 5.97 Å². The minimum Gasteiger partial charge on any atom is -0.395 e. The van der Waals surface area contributed by atoms with Crippen molar-refractivity contribution in [3.05, 3.63) is 108 Å². The van der Waals surface area contributed by atoms with E-state index >= 15 is 0 Å². The van der Waals surface area contributed by atoms with E-state index in [-0.39, 0.29) is 5.97 Å². The predicted octanol–water partition coefficient (Wildman–Crippen LogP) is 4.04. The maximum atomic E-state index is 12.4. The molecule has 118 valence electrons. The zero-order valence-corrected chi connectivity index (χ0v) is 13.2. The van der Waals surface area contributed by atoms with Crippen LogP contribution in [0.3, 0.4) is 0 Å². The number of nitrogens with zero attached hydrogens (tertiary/aromatic N) is 1. The average Bonchev–Trinajstić information content (AvgIpc) is 2.67. The number of benzene rings is 2. The minimum atomic E-state index is -0.515. The highest BCUT2D eigenvalue weighted by atomic mass is 16.6. The second-order valence-electron chi connectivity index (χ2n) is 5.25. The van der Waals surface area contributed by atoms with Gasteiger partial charge in [0.2, 0.25) is 0 Å². The molecule has 3 heteroatoms. The van der Waals surface area contributed by atoms with Gasteiger partial charge in [-0.1, -0.05) is 54.6 Å². The van der Waals surface area contributed by atoms with E-state index in [1.165, 1.54) is 0 Å². The Kier molecular flexibility index (Phi) is 5.15. The molecule has 0 radical (unpaired) electrons. The van der Waals surface area contributed by atoms with E-state index in [1.807, 2.05) is 95.8 Å². The fourth-order valence-electron chi connectivity index (χ4n) is 2.29. The van der Waals surface area contributed by atoms with Gasteiger partial charge in [-0.3, -0.25) is 0 Å². The molecule has 0 saturated carbocycles. The normalized spacial score (nSPS) is 12.0. The molecule has 1 atom stereocenters. The van der Waals surface area contributed by atoms with E-state index in [1.54, 1.807) is 12.1 Å². The van der Waals surface area contributed by atoms with Crippen molar-refractivity contribution in [2.75, 3.05) is 0 Å². The summed E-state index contributed by atoms with van der Waals surface area (Å²) in [4.78, 5) is 12.4. The molecule has 1 aromatic heterocycles. The highest BCUT2D eigenvalue weighted by Gasteiger charge is 2.20. The number of hydrogen-bond donors (Lipinski definition) is 0. The molecule has 0 aliphatic heterocycles. The van der Waals surface area contributed by atoms with Gasteiger partial charge in [-0.25, -0.2) is 4.79 Å². The number of carbonyl (C=O) groups is 1. The van der Waals surface area contributed by atoms with Gasteiger partial charge in [-0.15, -0.1) is 0 Å². The molecule has 0 spiro atoms. The second-order valence-corrected chi connectivity index (χ2v) is 5.25. The molecule has 0 fully saturated rings. The van der Waals surface area contributed by atoms with Crippen molar-refractivity contribution in [3.63, 3.8) is 0 Å². The van der Waals surface area contributed by atoms with Gasteiger partial charge in [0.05, 0.1) is 5.56 Å². The third kappa shape index (κ3) is 4.17. The molecule has 1 heterocycles. The SMILES string of the molecule is O=C(OC(C=Cc1ccccc1)[n+]1ccccc1)c1ccccc1. The van der Waals surface area contributed by atoms with Crippen LogP contribution in [-0.2, 0) is 4.74 Å². The Morgan fingerprint density at radius 2 is 1.42 bits per heavy atom. The summed E-state index contributed by atoms with van der Waals surface area (Å²) >= 11 is 0. The van der Waals surface area contributed by atoms with Crippen molar-refractivity contribution in [3.8, 4) is 0 Å². The summed E-state index contributed by atoms with van der Waals surface area (Å²) in [5.74, 6) is -0.352. The average molecular weight is 316 g/mol. The quantitative estimate of drug-likeness (QED) is 0.525. The van der Waals surface area contributed by atoms with E-state index < -0.39 is 6.23 Å². The van der Waals surface area contributed by atoms with Gasteiger partial charge in [0, 0.05) is 18.2 Å². The van der Waals surface area contributed by atoms with Gasteiger partial charge >= 0.3 is 12.2 Å². The van der Waals surface area contributed by atoms with Crippen LogP contribution in [0.4, 0.5) is 0 Å². The first-order valence-corrected chi connectivity index (χ1v) is 7.78. The zero-order chi connectivity index (χ0) is 16.6. The van der Waals surface area contributed by atoms with Gasteiger partial charge in [-0.05, 0) is 23.8 Å². The maximum absolute atomic E-state index is 12.4. The molecule has 2 aromatic carbocycles. The Morgan fingerprint density at radius 1 is 0.833 bits per heavy atom. The lowest BCUT2D eigenvalue weighted by molar-refractivity contribution is -0.744. The first-order chi connectivity index (χ1) is 11.8. The fourth-order valence-corrected chi connectivity index (χ4v) is 2.29. The van der Waals surface area contributed by atoms with Gasteiger partial charge in [0.15, 0.2) is 12.4 Å². The summed E-state index contributed by atoms with van der Waals surface area (Å²) in [6.07, 6.45) is 7.05. The monoisotopic (exact) mass is 316 g/mol. The van der Waals surface area contributed by atoms with E-state index in [0.29, 0.717) is 5.56 Å². The van der Waals surface area contributed by atoms with Gasteiger partial charge in [0.25, 0.3) is 0 Å². The van der Waals surface area contributed by atoms with E-state index in [4.69, 9.17) is 4.74 Å². The Morgan fingerprint density at radius 3 is 2.08 bits per heavy atom. The third-order valence-corrected chi connectivity index (χ3v) is 3.52. The number of hydrogen-bond acceptors (Lipinski definition) is 2. The summed E-state index contributed by atoms with van der Waals surface area (Å²) in [6.45, 7) is 0. The van der Waals surface area contributed by atoms with Crippen molar-refractivity contribution >= 4 is 12.0 Å². The Labute approximate surface area is 141 Å². The van der Waals surface area contributed by atoms with Gasteiger partial charge in [-0.2, -0.15) is 4.57 Å². The highest BCUT2D eigenvalue weighted by Crippen LogP contribution is 2.11. The van der Waals surface area contributed by atoms with Crippen molar-refractivity contribution in [1.29, 1.82) is 0 Å². The van der Waals surface area contributed by atoms with Crippen LogP contribution in [0, 0.1) is 0 Å². The fraction of sp³-hybridized carbons (Fsp3) is 0.0476. The summed E-state index contributed by atoms with van der Waals surface area (Å²) in [6, 6.07) is 24.7. The minimum absolute atomic E-state index is 0.352. The summed E-state index contributed by atoms with van der Waals surface area (Å²) in [5, 5.41) is 0. The lowest BCUT2D eigenvalue weighted by atomic mass is 10.2. The molecule has 0 aliphatic rings.